The van der Waals surface area contributed by atoms with Crippen molar-refractivity contribution in [3.63, 3.8) is 0 Å². The van der Waals surface area contributed by atoms with Gasteiger partial charge in [-0.15, -0.1) is 0 Å². The summed E-state index contributed by atoms with van der Waals surface area (Å²) in [7, 11) is 0.927. The third-order valence-corrected chi connectivity index (χ3v) is 1.34. The Morgan fingerprint density at radius 1 is 1.33 bits per heavy atom. The maximum absolute atomic E-state index is 12.1. The van der Waals surface area contributed by atoms with E-state index >= 15 is 0 Å². The van der Waals surface area contributed by atoms with Crippen molar-refractivity contribution in [1.82, 2.24) is 0 Å². The normalized spacial score (nSPS) is 14.7. The number of alkyl halides is 3. The molecule has 0 aliphatic carbocycles. The summed E-state index contributed by atoms with van der Waals surface area (Å²) in [6.45, 7) is 0. The molecule has 0 rings (SSSR count). The van der Waals surface area contributed by atoms with E-state index in [0.29, 0.717) is 12.2 Å². The first-order valence-corrected chi connectivity index (χ1v) is 3.62. The zero-order valence-electron chi connectivity index (χ0n) is 7.62. The summed E-state index contributed by atoms with van der Waals surface area (Å²) < 4.78 is 36.2. The molecule has 0 bridgehead atoms. The van der Waals surface area contributed by atoms with Crippen molar-refractivity contribution in [2.45, 2.75) is 6.18 Å². The highest BCUT2D eigenvalue weighted by Crippen LogP contribution is 2.18. The molecule has 0 aromatic rings. The SMILES string of the molecule is CN=C(/C=C\C(=C\O)C(=O)O)C(F)(F)F. The minimum Gasteiger partial charge on any atom is -0.515 e. The number of carbonyl (C=O) groups is 1. The summed E-state index contributed by atoms with van der Waals surface area (Å²) >= 11 is 0. The van der Waals surface area contributed by atoms with Crippen LogP contribution in [0.5, 0.6) is 0 Å². The maximum atomic E-state index is 12.1. The van der Waals surface area contributed by atoms with E-state index in [0.717, 1.165) is 7.05 Å². The van der Waals surface area contributed by atoms with Crippen LogP contribution in [0.15, 0.2) is 29.0 Å². The summed E-state index contributed by atoms with van der Waals surface area (Å²) in [6.07, 6.45) is -3.37. The van der Waals surface area contributed by atoms with E-state index in [2.05, 4.69) is 4.99 Å². The van der Waals surface area contributed by atoms with E-state index in [1.54, 1.807) is 0 Å². The standard InChI is InChI=1S/C8H8F3NO3/c1-12-6(8(9,10)11)3-2-5(4-13)7(14)15/h2-4,13H,1H3,(H,14,15)/b3-2-,5-4-,12-6?. The number of aliphatic hydroxyl groups excluding tert-OH is 1. The van der Waals surface area contributed by atoms with Crippen LogP contribution < -0.4 is 0 Å². The molecule has 0 aliphatic heterocycles. The Morgan fingerprint density at radius 2 is 1.87 bits per heavy atom. The minimum absolute atomic E-state index is 0.197. The molecule has 0 amide bonds. The van der Waals surface area contributed by atoms with Crippen molar-refractivity contribution in [3.8, 4) is 0 Å². The molecule has 15 heavy (non-hydrogen) atoms. The minimum atomic E-state index is -4.65. The smallest absolute Gasteiger partial charge is 0.432 e. The summed E-state index contributed by atoms with van der Waals surface area (Å²) in [5, 5.41) is 16.7. The van der Waals surface area contributed by atoms with Crippen molar-refractivity contribution in [2.24, 2.45) is 4.99 Å². The topological polar surface area (TPSA) is 69.9 Å². The van der Waals surface area contributed by atoms with Gasteiger partial charge in [0.1, 0.15) is 5.71 Å². The maximum Gasteiger partial charge on any atom is 0.432 e. The lowest BCUT2D eigenvalue weighted by molar-refractivity contribution is -0.132. The Morgan fingerprint density at radius 3 is 2.13 bits per heavy atom. The van der Waals surface area contributed by atoms with Crippen LogP contribution >= 0.6 is 0 Å². The highest BCUT2D eigenvalue weighted by molar-refractivity contribution is 6.01. The van der Waals surface area contributed by atoms with Gasteiger partial charge in [0.25, 0.3) is 0 Å². The van der Waals surface area contributed by atoms with Crippen LogP contribution in [-0.2, 0) is 4.79 Å². The van der Waals surface area contributed by atoms with Gasteiger partial charge >= 0.3 is 12.1 Å². The molecule has 0 saturated carbocycles. The molecule has 0 spiro atoms. The molecule has 0 unspecified atom stereocenters. The monoisotopic (exact) mass is 223 g/mol. The number of nitrogens with zero attached hydrogens (tertiary/aromatic N) is 1. The first kappa shape index (κ1) is 13.2. The fourth-order valence-electron chi connectivity index (χ4n) is 0.634. The van der Waals surface area contributed by atoms with Crippen LogP contribution in [0, 0.1) is 0 Å². The molecule has 0 radical (unpaired) electrons. The summed E-state index contributed by atoms with van der Waals surface area (Å²) in [5.74, 6) is -1.54. The Balaban J connectivity index is 4.87. The van der Waals surface area contributed by atoms with Gasteiger partial charge in [-0.2, -0.15) is 13.2 Å². The Bertz CT molecular complexity index is 329. The van der Waals surface area contributed by atoms with Gasteiger partial charge in [0, 0.05) is 7.05 Å². The molecule has 0 fully saturated rings. The van der Waals surface area contributed by atoms with Crippen LogP contribution in [0.1, 0.15) is 0 Å². The van der Waals surface area contributed by atoms with E-state index in [9.17, 15) is 18.0 Å². The van der Waals surface area contributed by atoms with Crippen molar-refractivity contribution < 1.29 is 28.2 Å². The van der Waals surface area contributed by atoms with Gasteiger partial charge in [0.15, 0.2) is 0 Å². The predicted molar refractivity (Wildman–Crippen MR) is 46.9 cm³/mol. The van der Waals surface area contributed by atoms with Crippen molar-refractivity contribution >= 4 is 11.7 Å². The van der Waals surface area contributed by atoms with E-state index < -0.39 is 23.4 Å². The largest absolute Gasteiger partial charge is 0.515 e. The van der Waals surface area contributed by atoms with Gasteiger partial charge in [0.05, 0.1) is 11.8 Å². The van der Waals surface area contributed by atoms with Gasteiger partial charge in [-0.1, -0.05) is 0 Å². The lowest BCUT2D eigenvalue weighted by Crippen LogP contribution is -2.20. The Kier molecular flexibility index (Phi) is 4.56. The number of carboxylic acids is 1. The highest BCUT2D eigenvalue weighted by Gasteiger charge is 2.33. The molecule has 4 nitrogen and oxygen atoms in total. The van der Waals surface area contributed by atoms with Gasteiger partial charge in [-0.3, -0.25) is 4.99 Å². The molecular formula is C8H8F3NO3. The third-order valence-electron chi connectivity index (χ3n) is 1.34. The first-order valence-electron chi connectivity index (χ1n) is 3.62. The van der Waals surface area contributed by atoms with Gasteiger partial charge < -0.3 is 10.2 Å². The number of hydrogen-bond acceptors (Lipinski definition) is 3. The highest BCUT2D eigenvalue weighted by atomic mass is 19.4. The van der Waals surface area contributed by atoms with Crippen molar-refractivity contribution in [1.29, 1.82) is 0 Å². The van der Waals surface area contributed by atoms with E-state index in [4.69, 9.17) is 10.2 Å². The van der Waals surface area contributed by atoms with Gasteiger partial charge in [0.2, 0.25) is 0 Å². The number of halogens is 3. The number of aliphatic hydroxyl groups is 1. The van der Waals surface area contributed by atoms with Crippen molar-refractivity contribution in [2.75, 3.05) is 7.05 Å². The Hall–Kier alpha value is -1.79. The molecule has 0 aliphatic rings. The van der Waals surface area contributed by atoms with Crippen LogP contribution in [0.2, 0.25) is 0 Å². The quantitative estimate of drug-likeness (QED) is 0.331. The molecule has 0 aromatic carbocycles. The van der Waals surface area contributed by atoms with Gasteiger partial charge in [-0.05, 0) is 12.2 Å². The zero-order valence-corrected chi connectivity index (χ0v) is 7.62. The molecule has 0 atom stereocenters. The molecule has 7 heteroatoms. The van der Waals surface area contributed by atoms with E-state index in [1.165, 1.54) is 0 Å². The third kappa shape index (κ3) is 4.30. The van der Waals surface area contributed by atoms with Crippen LogP contribution in [-0.4, -0.2) is 35.1 Å². The second-order valence-electron chi connectivity index (χ2n) is 2.33. The lowest BCUT2D eigenvalue weighted by atomic mass is 10.2. The molecule has 0 heterocycles. The fourth-order valence-corrected chi connectivity index (χ4v) is 0.634. The molecule has 2 N–H and O–H groups in total. The number of rotatable bonds is 3. The molecule has 84 valence electrons. The molecule has 0 saturated heterocycles. The fraction of sp³-hybridized carbons (Fsp3) is 0.250. The second-order valence-corrected chi connectivity index (χ2v) is 2.33. The molecular weight excluding hydrogens is 215 g/mol. The Labute approximate surface area is 83.1 Å². The predicted octanol–water partition coefficient (Wildman–Crippen LogP) is 1.70. The van der Waals surface area contributed by atoms with Crippen LogP contribution in [0.4, 0.5) is 13.2 Å². The van der Waals surface area contributed by atoms with E-state index in [1.807, 2.05) is 0 Å². The summed E-state index contributed by atoms with van der Waals surface area (Å²) in [6, 6.07) is 0. The van der Waals surface area contributed by atoms with Crippen LogP contribution in [0.25, 0.3) is 0 Å². The number of carboxylic acid groups (broad SMARTS) is 1. The number of hydrogen-bond donors (Lipinski definition) is 2. The van der Waals surface area contributed by atoms with Gasteiger partial charge in [-0.25, -0.2) is 4.79 Å². The van der Waals surface area contributed by atoms with E-state index in [-0.39, 0.29) is 6.26 Å². The summed E-state index contributed by atoms with van der Waals surface area (Å²) in [4.78, 5) is 13.2. The van der Waals surface area contributed by atoms with Crippen molar-refractivity contribution in [3.05, 3.63) is 24.0 Å². The summed E-state index contributed by atoms with van der Waals surface area (Å²) in [5.41, 5.74) is -1.90. The average molecular weight is 223 g/mol. The number of allylic oxidation sites excluding steroid dienone is 1. The molecule has 0 aromatic heterocycles. The average Bonchev–Trinajstić information content (AvgIpc) is 2.09. The van der Waals surface area contributed by atoms with Crippen LogP contribution in [0.3, 0.4) is 0 Å². The zero-order chi connectivity index (χ0) is 12.1. The number of aliphatic imine (C=N–C) groups is 1. The first-order chi connectivity index (χ1) is 6.82. The lowest BCUT2D eigenvalue weighted by Gasteiger charge is -2.04. The number of aliphatic carboxylic acids is 1. The second kappa shape index (κ2) is 5.18.